The smallest absolute Gasteiger partial charge is 0.240 e. The van der Waals surface area contributed by atoms with Gasteiger partial charge in [0.25, 0.3) is 0 Å². The summed E-state index contributed by atoms with van der Waals surface area (Å²) in [5.41, 5.74) is 3.27. The summed E-state index contributed by atoms with van der Waals surface area (Å²) >= 11 is 0. The van der Waals surface area contributed by atoms with Crippen molar-refractivity contribution in [2.24, 2.45) is 0 Å². The lowest BCUT2D eigenvalue weighted by Gasteiger charge is -2.26. The predicted molar refractivity (Wildman–Crippen MR) is 136 cm³/mol. The fraction of sp³-hybridized carbons (Fsp3) is 0.423. The van der Waals surface area contributed by atoms with E-state index < -0.39 is 22.6 Å². The molecule has 3 amide bonds. The molecule has 0 heterocycles. The first-order valence-corrected chi connectivity index (χ1v) is 13.2. The highest BCUT2D eigenvalue weighted by Gasteiger charge is 2.24. The Kier molecular flexibility index (Phi) is 9.39. The van der Waals surface area contributed by atoms with Gasteiger partial charge in [0.15, 0.2) is 0 Å². The van der Waals surface area contributed by atoms with Gasteiger partial charge in [0, 0.05) is 28.2 Å². The van der Waals surface area contributed by atoms with E-state index in [4.69, 9.17) is 0 Å². The van der Waals surface area contributed by atoms with Gasteiger partial charge < -0.3 is 15.5 Å². The van der Waals surface area contributed by atoms with Crippen LogP contribution in [0.25, 0.3) is 0 Å². The van der Waals surface area contributed by atoms with E-state index in [2.05, 4.69) is 10.6 Å². The van der Waals surface area contributed by atoms with Gasteiger partial charge in [-0.3, -0.25) is 18.6 Å². The van der Waals surface area contributed by atoms with Gasteiger partial charge in [0.05, 0.1) is 0 Å². The van der Waals surface area contributed by atoms with Crippen molar-refractivity contribution >= 4 is 39.9 Å². The van der Waals surface area contributed by atoms with E-state index >= 15 is 0 Å². The Hall–Kier alpha value is -3.00. The number of hydrogen-bond acceptors (Lipinski definition) is 4. The van der Waals surface area contributed by atoms with Crippen LogP contribution >= 0.6 is 0 Å². The molecule has 0 aliphatic heterocycles. The van der Waals surface area contributed by atoms with E-state index in [1.807, 2.05) is 38.1 Å². The lowest BCUT2D eigenvalue weighted by atomic mass is 9.95. The SMILES string of the molecule is Cc1ccc(NC(=O)C[S@](=O)CC(=O)N(CC(=O)NC2CCCCC2)c2ccc(C)cc2)cc1. The van der Waals surface area contributed by atoms with Crippen LogP contribution in [0.1, 0.15) is 43.2 Å². The third-order valence-electron chi connectivity index (χ3n) is 5.83. The molecule has 3 rings (SSSR count). The van der Waals surface area contributed by atoms with Crippen LogP contribution in [0.2, 0.25) is 0 Å². The number of benzene rings is 2. The van der Waals surface area contributed by atoms with Crippen molar-refractivity contribution in [2.75, 3.05) is 28.3 Å². The topological polar surface area (TPSA) is 95.6 Å². The molecule has 0 spiro atoms. The Bertz CT molecular complexity index is 1020. The lowest BCUT2D eigenvalue weighted by Crippen LogP contribution is -2.46. The van der Waals surface area contributed by atoms with E-state index in [1.165, 1.54) is 11.3 Å². The van der Waals surface area contributed by atoms with Crippen molar-refractivity contribution in [3.05, 3.63) is 59.7 Å². The van der Waals surface area contributed by atoms with Crippen molar-refractivity contribution in [3.63, 3.8) is 0 Å². The van der Waals surface area contributed by atoms with Gasteiger partial charge >= 0.3 is 0 Å². The molecule has 2 N–H and O–H groups in total. The van der Waals surface area contributed by atoms with Gasteiger partial charge in [0.2, 0.25) is 17.7 Å². The maximum Gasteiger partial charge on any atom is 0.240 e. The highest BCUT2D eigenvalue weighted by molar-refractivity contribution is 7.86. The monoisotopic (exact) mass is 483 g/mol. The van der Waals surface area contributed by atoms with Gasteiger partial charge in [-0.25, -0.2) is 0 Å². The molecule has 2 aromatic carbocycles. The van der Waals surface area contributed by atoms with Gasteiger partial charge in [-0.1, -0.05) is 54.7 Å². The van der Waals surface area contributed by atoms with Gasteiger partial charge in [-0.05, 0) is 51.0 Å². The van der Waals surface area contributed by atoms with E-state index in [9.17, 15) is 18.6 Å². The molecule has 1 saturated carbocycles. The molecule has 2 aromatic rings. The minimum atomic E-state index is -1.71. The zero-order chi connectivity index (χ0) is 24.5. The molecule has 0 bridgehead atoms. The molecule has 1 fully saturated rings. The first kappa shape index (κ1) is 25.6. The average Bonchev–Trinajstić information content (AvgIpc) is 2.80. The highest BCUT2D eigenvalue weighted by atomic mass is 32.2. The summed E-state index contributed by atoms with van der Waals surface area (Å²) in [4.78, 5) is 39.4. The number of aryl methyl sites for hydroxylation is 2. The number of carbonyl (C=O) groups excluding carboxylic acids is 3. The minimum Gasteiger partial charge on any atom is -0.352 e. The number of amides is 3. The molecule has 1 atom stereocenters. The zero-order valence-corrected chi connectivity index (χ0v) is 20.7. The van der Waals surface area contributed by atoms with Crippen LogP contribution in [0.5, 0.6) is 0 Å². The second kappa shape index (κ2) is 12.5. The van der Waals surface area contributed by atoms with Crippen LogP contribution < -0.4 is 15.5 Å². The van der Waals surface area contributed by atoms with Crippen LogP contribution in [0.15, 0.2) is 48.5 Å². The second-order valence-electron chi connectivity index (χ2n) is 8.86. The number of rotatable bonds is 9. The summed E-state index contributed by atoms with van der Waals surface area (Å²) in [6, 6.07) is 14.7. The molecule has 1 aliphatic rings. The van der Waals surface area contributed by atoms with Gasteiger partial charge in [0.1, 0.15) is 18.1 Å². The Balaban J connectivity index is 1.61. The number of hydrogen-bond donors (Lipinski definition) is 2. The lowest BCUT2D eigenvalue weighted by molar-refractivity contribution is -0.123. The molecule has 0 aromatic heterocycles. The van der Waals surface area contributed by atoms with Crippen LogP contribution in [0.4, 0.5) is 11.4 Å². The van der Waals surface area contributed by atoms with Gasteiger partial charge in [-0.15, -0.1) is 0 Å². The standard InChI is InChI=1S/C26H33N3O4S/c1-19-8-12-22(13-9-19)28-25(31)17-34(33)18-26(32)29(23-14-10-20(2)11-15-23)16-24(30)27-21-6-4-3-5-7-21/h8-15,21H,3-7,16-18H2,1-2H3,(H,27,30)(H,28,31)/t34-/m0/s1. The van der Waals surface area contributed by atoms with Crippen LogP contribution in [-0.2, 0) is 25.2 Å². The molecule has 34 heavy (non-hydrogen) atoms. The molecular weight excluding hydrogens is 450 g/mol. The summed E-state index contributed by atoms with van der Waals surface area (Å²) in [6.45, 7) is 3.74. The predicted octanol–water partition coefficient (Wildman–Crippen LogP) is 3.47. The van der Waals surface area contributed by atoms with Crippen molar-refractivity contribution in [3.8, 4) is 0 Å². The third-order valence-corrected chi connectivity index (χ3v) is 6.98. The van der Waals surface area contributed by atoms with Crippen LogP contribution in [0.3, 0.4) is 0 Å². The van der Waals surface area contributed by atoms with Crippen molar-refractivity contribution in [2.45, 2.75) is 52.0 Å². The largest absolute Gasteiger partial charge is 0.352 e. The average molecular weight is 484 g/mol. The molecule has 182 valence electrons. The number of nitrogens with zero attached hydrogens (tertiary/aromatic N) is 1. The number of nitrogens with one attached hydrogen (secondary N) is 2. The summed E-state index contributed by atoms with van der Waals surface area (Å²) in [5, 5.41) is 5.73. The molecule has 0 unspecified atom stereocenters. The van der Waals surface area contributed by atoms with E-state index in [-0.39, 0.29) is 30.0 Å². The fourth-order valence-corrected chi connectivity index (χ4v) is 4.86. The molecular formula is C26H33N3O4S. The Morgan fingerprint density at radius 2 is 1.44 bits per heavy atom. The van der Waals surface area contributed by atoms with Crippen LogP contribution in [-0.4, -0.2) is 46.0 Å². The summed E-state index contributed by atoms with van der Waals surface area (Å²) in [5.74, 6) is -1.75. The fourth-order valence-electron chi connectivity index (χ4n) is 3.96. The Morgan fingerprint density at radius 3 is 2.06 bits per heavy atom. The van der Waals surface area contributed by atoms with Crippen LogP contribution in [0, 0.1) is 13.8 Å². The maximum atomic E-state index is 13.1. The first-order chi connectivity index (χ1) is 16.3. The summed E-state index contributed by atoms with van der Waals surface area (Å²) < 4.78 is 12.6. The zero-order valence-electron chi connectivity index (χ0n) is 19.8. The van der Waals surface area contributed by atoms with Crippen molar-refractivity contribution in [1.82, 2.24) is 5.32 Å². The number of carbonyl (C=O) groups is 3. The van der Waals surface area contributed by atoms with Crippen molar-refractivity contribution in [1.29, 1.82) is 0 Å². The Labute approximate surface area is 203 Å². The quantitative estimate of drug-likeness (QED) is 0.571. The molecule has 0 radical (unpaired) electrons. The Morgan fingerprint density at radius 1 is 0.853 bits per heavy atom. The maximum absolute atomic E-state index is 13.1. The second-order valence-corrected chi connectivity index (χ2v) is 10.3. The minimum absolute atomic E-state index is 0.135. The molecule has 0 saturated heterocycles. The van der Waals surface area contributed by atoms with E-state index in [0.29, 0.717) is 11.4 Å². The van der Waals surface area contributed by atoms with E-state index in [0.717, 1.165) is 36.8 Å². The van der Waals surface area contributed by atoms with Crippen molar-refractivity contribution < 1.29 is 18.6 Å². The number of anilines is 2. The molecule has 8 heteroatoms. The third kappa shape index (κ3) is 8.09. The molecule has 1 aliphatic carbocycles. The summed E-state index contributed by atoms with van der Waals surface area (Å²) in [7, 11) is -1.71. The highest BCUT2D eigenvalue weighted by Crippen LogP contribution is 2.19. The van der Waals surface area contributed by atoms with E-state index in [1.54, 1.807) is 24.3 Å². The normalized spacial score (nSPS) is 14.8. The summed E-state index contributed by atoms with van der Waals surface area (Å²) in [6.07, 6.45) is 5.27. The first-order valence-electron chi connectivity index (χ1n) is 11.7. The van der Waals surface area contributed by atoms with Gasteiger partial charge in [-0.2, -0.15) is 0 Å². The molecule has 7 nitrogen and oxygen atoms in total.